The summed E-state index contributed by atoms with van der Waals surface area (Å²) in [5.41, 5.74) is 0.937. The van der Waals surface area contributed by atoms with Gasteiger partial charge in [-0.15, -0.1) is 0 Å². The second kappa shape index (κ2) is 4.57. The summed E-state index contributed by atoms with van der Waals surface area (Å²) in [6, 6.07) is 0. The molecule has 2 rings (SSSR count). The van der Waals surface area contributed by atoms with Gasteiger partial charge in [-0.3, -0.25) is 4.99 Å². The van der Waals surface area contributed by atoms with Gasteiger partial charge in [-0.1, -0.05) is 0 Å². The number of imidazole rings is 1. The van der Waals surface area contributed by atoms with E-state index in [-0.39, 0.29) is 0 Å². The highest BCUT2D eigenvalue weighted by atomic mass is 15.1. The number of rotatable bonds is 2. The Morgan fingerprint density at radius 3 is 2.93 bits per heavy atom. The minimum absolute atomic E-state index is 0.597. The van der Waals surface area contributed by atoms with Crippen LogP contribution in [0.2, 0.25) is 0 Å². The number of H-pyrrole nitrogens is 1. The molecule has 1 aromatic rings. The lowest BCUT2D eigenvalue weighted by molar-refractivity contribution is 0.251. The molecule has 1 aromatic heterocycles. The Balaban J connectivity index is 2.03. The Morgan fingerprint density at radius 1 is 1.53 bits per heavy atom. The first kappa shape index (κ1) is 10.4. The molecule has 0 saturated carbocycles. The molecule has 1 aliphatic rings. The van der Waals surface area contributed by atoms with Crippen molar-refractivity contribution >= 4 is 6.21 Å². The van der Waals surface area contributed by atoms with Crippen molar-refractivity contribution in [3.63, 3.8) is 0 Å². The van der Waals surface area contributed by atoms with Crippen molar-refractivity contribution in [3.05, 3.63) is 17.7 Å². The average Bonchev–Trinajstić information content (AvgIpc) is 2.68. The van der Waals surface area contributed by atoms with Gasteiger partial charge in [0.15, 0.2) is 0 Å². The molecule has 0 aliphatic carbocycles. The first-order valence-corrected chi connectivity index (χ1v) is 5.45. The van der Waals surface area contributed by atoms with Gasteiger partial charge in [0, 0.05) is 25.4 Å². The third-order valence-corrected chi connectivity index (χ3v) is 2.98. The van der Waals surface area contributed by atoms with Gasteiger partial charge in [0.2, 0.25) is 0 Å². The zero-order chi connectivity index (χ0) is 10.7. The number of nitrogens with zero attached hydrogens (tertiary/aromatic N) is 3. The highest BCUT2D eigenvalue weighted by Crippen LogP contribution is 2.24. The molecule has 4 heteroatoms. The van der Waals surface area contributed by atoms with Crippen molar-refractivity contribution in [2.45, 2.75) is 18.8 Å². The number of hydrogen-bond donors (Lipinski definition) is 1. The Hall–Kier alpha value is -1.16. The normalized spacial score (nSPS) is 20.1. The van der Waals surface area contributed by atoms with Crippen molar-refractivity contribution in [1.82, 2.24) is 14.9 Å². The van der Waals surface area contributed by atoms with Crippen LogP contribution in [0.15, 0.2) is 11.2 Å². The standard InChI is InChI=1S/C11H18N4/c1-12-7-10-8-13-11(14-10)9-3-5-15(2)6-4-9/h7-9H,3-6H2,1-2H3,(H,13,14)/b12-7-. The Morgan fingerprint density at radius 2 is 2.27 bits per heavy atom. The summed E-state index contributed by atoms with van der Waals surface area (Å²) in [4.78, 5) is 14.1. The summed E-state index contributed by atoms with van der Waals surface area (Å²) in [6.45, 7) is 2.34. The molecule has 0 aromatic carbocycles. The van der Waals surface area contributed by atoms with Gasteiger partial charge >= 0.3 is 0 Å². The first-order valence-electron chi connectivity index (χ1n) is 5.45. The maximum atomic E-state index is 4.53. The SMILES string of the molecule is C/N=C\c1c[nH]c(C2CCN(C)CC2)n1. The molecule has 1 aliphatic heterocycles. The third-order valence-electron chi connectivity index (χ3n) is 2.98. The van der Waals surface area contributed by atoms with Crippen LogP contribution in [0.5, 0.6) is 0 Å². The van der Waals surface area contributed by atoms with Crippen molar-refractivity contribution in [2.24, 2.45) is 4.99 Å². The quantitative estimate of drug-likeness (QED) is 0.740. The molecule has 1 N–H and O–H groups in total. The van der Waals surface area contributed by atoms with Crippen LogP contribution in [-0.4, -0.2) is 48.3 Å². The third kappa shape index (κ3) is 2.45. The first-order chi connectivity index (χ1) is 7.29. The van der Waals surface area contributed by atoms with Gasteiger partial charge < -0.3 is 9.88 Å². The summed E-state index contributed by atoms with van der Waals surface area (Å²) in [6.07, 6.45) is 6.12. The summed E-state index contributed by atoms with van der Waals surface area (Å²) in [5, 5.41) is 0. The van der Waals surface area contributed by atoms with Crippen molar-refractivity contribution in [3.8, 4) is 0 Å². The molecule has 4 nitrogen and oxygen atoms in total. The van der Waals surface area contributed by atoms with Crippen molar-refractivity contribution in [1.29, 1.82) is 0 Å². The predicted octanol–water partition coefficient (Wildman–Crippen LogP) is 1.27. The van der Waals surface area contributed by atoms with E-state index in [0.29, 0.717) is 5.92 Å². The van der Waals surface area contributed by atoms with E-state index >= 15 is 0 Å². The molecule has 0 amide bonds. The number of hydrogen-bond acceptors (Lipinski definition) is 3. The lowest BCUT2D eigenvalue weighted by Gasteiger charge is -2.27. The molecular weight excluding hydrogens is 188 g/mol. The molecule has 0 spiro atoms. The molecule has 0 radical (unpaired) electrons. The average molecular weight is 206 g/mol. The fourth-order valence-corrected chi connectivity index (χ4v) is 2.04. The molecule has 0 unspecified atom stereocenters. The summed E-state index contributed by atoms with van der Waals surface area (Å²) in [7, 11) is 3.94. The van der Waals surface area contributed by atoms with Gasteiger partial charge in [0.1, 0.15) is 5.82 Å². The molecule has 0 bridgehead atoms. The topological polar surface area (TPSA) is 44.3 Å². The van der Waals surface area contributed by atoms with Gasteiger partial charge in [-0.05, 0) is 33.0 Å². The van der Waals surface area contributed by atoms with Crippen molar-refractivity contribution in [2.75, 3.05) is 27.2 Å². The van der Waals surface area contributed by atoms with Crippen LogP contribution in [0, 0.1) is 0 Å². The number of likely N-dealkylation sites (tertiary alicyclic amines) is 1. The van der Waals surface area contributed by atoms with E-state index in [0.717, 1.165) is 11.5 Å². The highest BCUT2D eigenvalue weighted by Gasteiger charge is 2.20. The van der Waals surface area contributed by atoms with Gasteiger partial charge in [-0.25, -0.2) is 4.98 Å². The molecular formula is C11H18N4. The molecule has 2 heterocycles. The lowest BCUT2D eigenvalue weighted by atomic mass is 9.97. The van der Waals surface area contributed by atoms with E-state index < -0.39 is 0 Å². The number of piperidine rings is 1. The monoisotopic (exact) mass is 206 g/mol. The van der Waals surface area contributed by atoms with Crippen LogP contribution in [0.25, 0.3) is 0 Å². The van der Waals surface area contributed by atoms with Crippen molar-refractivity contribution < 1.29 is 0 Å². The second-order valence-electron chi connectivity index (χ2n) is 4.18. The number of aliphatic imine (C=N–C) groups is 1. The van der Waals surface area contributed by atoms with Gasteiger partial charge in [-0.2, -0.15) is 0 Å². The van der Waals surface area contributed by atoms with Crippen LogP contribution >= 0.6 is 0 Å². The minimum Gasteiger partial charge on any atom is -0.348 e. The van der Waals surface area contributed by atoms with Crippen LogP contribution < -0.4 is 0 Å². The smallest absolute Gasteiger partial charge is 0.110 e. The van der Waals surface area contributed by atoms with E-state index in [1.807, 2.05) is 6.20 Å². The van der Waals surface area contributed by atoms with E-state index in [9.17, 15) is 0 Å². The lowest BCUT2D eigenvalue weighted by Crippen LogP contribution is -2.29. The van der Waals surface area contributed by atoms with Gasteiger partial charge in [0.25, 0.3) is 0 Å². The zero-order valence-electron chi connectivity index (χ0n) is 9.40. The number of aromatic amines is 1. The number of nitrogens with one attached hydrogen (secondary N) is 1. The summed E-state index contributed by atoms with van der Waals surface area (Å²) < 4.78 is 0. The van der Waals surface area contributed by atoms with E-state index in [2.05, 4.69) is 26.9 Å². The maximum Gasteiger partial charge on any atom is 0.110 e. The van der Waals surface area contributed by atoms with Gasteiger partial charge in [0.05, 0.1) is 5.69 Å². The van der Waals surface area contributed by atoms with E-state index in [1.165, 1.54) is 25.9 Å². The molecule has 0 atom stereocenters. The van der Waals surface area contributed by atoms with Crippen LogP contribution in [0.4, 0.5) is 0 Å². The predicted molar refractivity (Wildman–Crippen MR) is 61.6 cm³/mol. The maximum absolute atomic E-state index is 4.53. The molecule has 82 valence electrons. The Kier molecular flexibility index (Phi) is 3.16. The van der Waals surface area contributed by atoms with E-state index in [1.54, 1.807) is 13.3 Å². The largest absolute Gasteiger partial charge is 0.348 e. The minimum atomic E-state index is 0.597. The fraction of sp³-hybridized carbons (Fsp3) is 0.636. The molecule has 1 saturated heterocycles. The Labute approximate surface area is 90.4 Å². The van der Waals surface area contributed by atoms with Crippen LogP contribution in [-0.2, 0) is 0 Å². The molecule has 1 fully saturated rings. The van der Waals surface area contributed by atoms with Crippen LogP contribution in [0.3, 0.4) is 0 Å². The summed E-state index contributed by atoms with van der Waals surface area (Å²) >= 11 is 0. The fourth-order valence-electron chi connectivity index (χ4n) is 2.04. The number of aromatic nitrogens is 2. The highest BCUT2D eigenvalue weighted by molar-refractivity contribution is 5.76. The second-order valence-corrected chi connectivity index (χ2v) is 4.18. The summed E-state index contributed by atoms with van der Waals surface area (Å²) in [5.74, 6) is 1.72. The Bertz CT molecular complexity index is 334. The molecule has 15 heavy (non-hydrogen) atoms. The zero-order valence-corrected chi connectivity index (χ0v) is 9.40. The van der Waals surface area contributed by atoms with Crippen LogP contribution in [0.1, 0.15) is 30.3 Å². The van der Waals surface area contributed by atoms with E-state index in [4.69, 9.17) is 0 Å².